The number of nitrogens with one attached hydrogen (secondary N) is 2. The number of hydrogen-bond acceptors (Lipinski definition) is 8. The smallest absolute Gasteiger partial charge is 0.231 e. The zero-order valence-electron chi connectivity index (χ0n) is 29.1. The maximum Gasteiger partial charge on any atom is 0.231 e. The van der Waals surface area contributed by atoms with Gasteiger partial charge in [0.15, 0.2) is 0 Å². The third kappa shape index (κ3) is 6.93. The first-order valence-corrected chi connectivity index (χ1v) is 17.9. The molecule has 0 spiro atoms. The van der Waals surface area contributed by atoms with Crippen molar-refractivity contribution < 1.29 is 28.0 Å². The minimum Gasteiger partial charge on any atom is -0.398 e. The first-order valence-electron chi connectivity index (χ1n) is 17.9. The molecule has 2 saturated carbocycles. The number of aromatic nitrogens is 2. The average Bonchev–Trinajstić information content (AvgIpc) is 3.96. The summed E-state index contributed by atoms with van der Waals surface area (Å²) in [6.07, 6.45) is 6.15. The van der Waals surface area contributed by atoms with E-state index in [0.717, 1.165) is 58.6 Å². The summed E-state index contributed by atoms with van der Waals surface area (Å²) in [7, 11) is 0. The van der Waals surface area contributed by atoms with Crippen LogP contribution in [0, 0.1) is 11.8 Å². The van der Waals surface area contributed by atoms with Crippen molar-refractivity contribution in [2.75, 3.05) is 31.9 Å². The number of benzene rings is 2. The zero-order chi connectivity index (χ0) is 36.8. The molecule has 52 heavy (non-hydrogen) atoms. The zero-order valence-corrected chi connectivity index (χ0v) is 29.1. The lowest BCUT2D eigenvalue weighted by Gasteiger charge is -2.24. The number of nitrogen functional groups attached to an aromatic ring is 2. The molecule has 4 aromatic rings. The fourth-order valence-electron chi connectivity index (χ4n) is 7.23. The van der Waals surface area contributed by atoms with Crippen LogP contribution in [-0.4, -0.2) is 58.0 Å². The first-order chi connectivity index (χ1) is 24.9. The third-order valence-electron chi connectivity index (χ3n) is 10.5. The van der Waals surface area contributed by atoms with Gasteiger partial charge < -0.3 is 31.9 Å². The van der Waals surface area contributed by atoms with Gasteiger partial charge in [-0.2, -0.15) is 0 Å². The average molecular weight is 713 g/mol. The lowest BCUT2D eigenvalue weighted by molar-refractivity contribution is -0.118. The van der Waals surface area contributed by atoms with Gasteiger partial charge in [-0.1, -0.05) is 13.8 Å². The molecule has 12 nitrogen and oxygen atoms in total. The van der Waals surface area contributed by atoms with E-state index in [1.165, 1.54) is 0 Å². The topological polar surface area (TPSA) is 177 Å². The molecule has 2 unspecified atom stereocenters. The van der Waals surface area contributed by atoms with Crippen LogP contribution in [-0.2, 0) is 19.2 Å². The van der Waals surface area contributed by atoms with Crippen molar-refractivity contribution in [2.45, 2.75) is 89.6 Å². The summed E-state index contributed by atoms with van der Waals surface area (Å²) >= 11 is 0. The van der Waals surface area contributed by atoms with Crippen LogP contribution in [0.15, 0.2) is 48.8 Å². The number of hydrogen-bond donors (Lipinski definition) is 4. The van der Waals surface area contributed by atoms with Crippen molar-refractivity contribution in [3.63, 3.8) is 0 Å². The molecule has 6 N–H and O–H groups in total. The molecule has 4 aliphatic rings. The van der Waals surface area contributed by atoms with Gasteiger partial charge in [0.2, 0.25) is 23.6 Å². The molecule has 6 atom stereocenters. The normalized spacial score (nSPS) is 24.9. The van der Waals surface area contributed by atoms with Crippen molar-refractivity contribution >= 4 is 79.6 Å². The predicted molar refractivity (Wildman–Crippen MR) is 197 cm³/mol. The Morgan fingerprint density at radius 1 is 0.712 bits per heavy atom. The molecule has 2 aliphatic carbocycles. The van der Waals surface area contributed by atoms with Crippen molar-refractivity contribution in [1.29, 1.82) is 0 Å². The summed E-state index contributed by atoms with van der Waals surface area (Å²) in [4.78, 5) is 60.5. The molecule has 4 heterocycles. The van der Waals surface area contributed by atoms with E-state index in [0.29, 0.717) is 35.9 Å². The second-order valence-electron chi connectivity index (χ2n) is 14.1. The summed E-state index contributed by atoms with van der Waals surface area (Å²) in [6.45, 7) is 4.13. The van der Waals surface area contributed by atoms with E-state index in [1.54, 1.807) is 36.7 Å². The number of amides is 4. The van der Waals surface area contributed by atoms with E-state index in [-0.39, 0.29) is 48.6 Å². The highest BCUT2D eigenvalue weighted by molar-refractivity contribution is 6.05. The van der Waals surface area contributed by atoms with Gasteiger partial charge in [-0.05, 0) is 85.7 Å². The number of alkyl halides is 2. The molecular weight excluding hydrogens is 670 g/mol. The molecule has 14 heteroatoms. The molecule has 2 aliphatic heterocycles. The monoisotopic (exact) mass is 712 g/mol. The Labute approximate surface area is 299 Å². The Balaban J connectivity index is 0.000000162. The lowest BCUT2D eigenvalue weighted by Crippen LogP contribution is -2.32. The summed E-state index contributed by atoms with van der Waals surface area (Å²) in [5, 5.41) is 8.38. The standard InChI is InChI=1S/2C19H21FN4O2/c2*1-2-11-3-4-18(25)24(11)12-5-10-6-17(22-9-14(10)16(21)7-12)23-19(26)13-8-15(13)20/h2*5-7,9,11,13,15H,2-4,8,21H2,1H3,(H,22,23,26)/t2*11?,13-,15+/m10/s1. The highest BCUT2D eigenvalue weighted by atomic mass is 19.1. The number of nitrogens with two attached hydrogens (primary N) is 2. The van der Waals surface area contributed by atoms with Gasteiger partial charge in [-0.25, -0.2) is 18.7 Å². The third-order valence-corrected chi connectivity index (χ3v) is 10.5. The predicted octanol–water partition coefficient (Wildman–Crippen LogP) is 6.04. The van der Waals surface area contributed by atoms with Gasteiger partial charge >= 0.3 is 0 Å². The van der Waals surface area contributed by atoms with Gasteiger partial charge in [0.25, 0.3) is 0 Å². The van der Waals surface area contributed by atoms with E-state index in [2.05, 4.69) is 34.4 Å². The Morgan fingerprint density at radius 3 is 1.44 bits per heavy atom. The molecule has 2 aromatic heterocycles. The molecule has 0 bridgehead atoms. The number of carbonyl (C=O) groups excluding carboxylic acids is 4. The summed E-state index contributed by atoms with van der Waals surface area (Å²) in [5.41, 5.74) is 14.9. The molecule has 0 radical (unpaired) electrons. The number of fused-ring (bicyclic) bond motifs is 2. The second kappa shape index (κ2) is 14.0. The van der Waals surface area contributed by atoms with Crippen molar-refractivity contribution in [2.24, 2.45) is 11.8 Å². The van der Waals surface area contributed by atoms with Crippen LogP contribution in [0.4, 0.5) is 43.2 Å². The van der Waals surface area contributed by atoms with Gasteiger partial charge in [-0.15, -0.1) is 0 Å². The summed E-state index contributed by atoms with van der Waals surface area (Å²) < 4.78 is 26.1. The highest BCUT2D eigenvalue weighted by Gasteiger charge is 2.44. The fourth-order valence-corrected chi connectivity index (χ4v) is 7.23. The van der Waals surface area contributed by atoms with Crippen LogP contribution in [0.5, 0.6) is 0 Å². The van der Waals surface area contributed by atoms with E-state index < -0.39 is 24.2 Å². The molecule has 4 fully saturated rings. The van der Waals surface area contributed by atoms with Gasteiger partial charge in [0.05, 0.1) is 11.8 Å². The highest BCUT2D eigenvalue weighted by Crippen LogP contribution is 2.38. The van der Waals surface area contributed by atoms with Crippen molar-refractivity contribution in [3.8, 4) is 0 Å². The minimum absolute atomic E-state index is 0.0981. The summed E-state index contributed by atoms with van der Waals surface area (Å²) in [5.74, 6) is -0.936. The number of halogens is 2. The number of carbonyl (C=O) groups is 4. The van der Waals surface area contributed by atoms with E-state index in [9.17, 15) is 28.0 Å². The number of pyridine rings is 2. The van der Waals surface area contributed by atoms with Gasteiger partial charge in [0.1, 0.15) is 24.0 Å². The quantitative estimate of drug-likeness (QED) is 0.160. The van der Waals surface area contributed by atoms with Crippen LogP contribution in [0.2, 0.25) is 0 Å². The second-order valence-corrected chi connectivity index (χ2v) is 14.1. The van der Waals surface area contributed by atoms with Crippen molar-refractivity contribution in [1.82, 2.24) is 9.97 Å². The lowest BCUT2D eigenvalue weighted by atomic mass is 10.1. The molecule has 4 amide bonds. The Kier molecular flexibility index (Phi) is 9.40. The SMILES string of the molecule is CCC1CCC(=O)N1c1cc(N)c2cnc(NC(=O)[C@@H]3C[C@@H]3F)cc2c1.CCC1CCC(=O)N1c1cc(N)c2cnc(NC(=O)[C@H]3C[C@H]3F)cc2c1. The Morgan fingerprint density at radius 2 is 1.10 bits per heavy atom. The van der Waals surface area contributed by atoms with Crippen LogP contribution in [0.3, 0.4) is 0 Å². The van der Waals surface area contributed by atoms with Crippen molar-refractivity contribution in [3.05, 3.63) is 48.8 Å². The van der Waals surface area contributed by atoms with Crippen LogP contribution in [0.25, 0.3) is 21.5 Å². The fraction of sp³-hybridized carbons (Fsp3) is 0.421. The molecule has 2 aromatic carbocycles. The summed E-state index contributed by atoms with van der Waals surface area (Å²) in [6, 6.07) is 11.2. The molecule has 272 valence electrons. The largest absolute Gasteiger partial charge is 0.398 e. The molecule has 2 saturated heterocycles. The van der Waals surface area contributed by atoms with E-state index >= 15 is 0 Å². The number of rotatable bonds is 8. The maximum atomic E-state index is 13.0. The number of anilines is 6. The van der Waals surface area contributed by atoms with Gasteiger partial charge in [-0.3, -0.25) is 19.2 Å². The Hall–Kier alpha value is -5.40. The van der Waals surface area contributed by atoms with Crippen LogP contribution in [0.1, 0.15) is 65.2 Å². The van der Waals surface area contributed by atoms with Crippen LogP contribution < -0.4 is 31.9 Å². The maximum absolute atomic E-state index is 13.0. The van der Waals surface area contributed by atoms with Crippen LogP contribution >= 0.6 is 0 Å². The first kappa shape index (κ1) is 35.0. The molecule has 8 rings (SSSR count). The minimum atomic E-state index is -1.05. The van der Waals surface area contributed by atoms with Gasteiger partial charge in [0, 0.05) is 70.8 Å². The van der Waals surface area contributed by atoms with E-state index in [1.807, 2.05) is 21.9 Å². The Bertz CT molecular complexity index is 1950. The number of nitrogens with zero attached hydrogens (tertiary/aromatic N) is 4. The van der Waals surface area contributed by atoms with E-state index in [4.69, 9.17) is 11.5 Å². The molecular formula is C38H42F2N8O4.